The maximum atomic E-state index is 12.6. The van der Waals surface area contributed by atoms with Crippen LogP contribution >= 0.6 is 0 Å². The van der Waals surface area contributed by atoms with E-state index in [4.69, 9.17) is 0 Å². The van der Waals surface area contributed by atoms with Gasteiger partial charge in [-0.1, -0.05) is 13.0 Å². The fraction of sp³-hybridized carbons (Fsp3) is 0.500. The van der Waals surface area contributed by atoms with Crippen LogP contribution in [0, 0.1) is 5.92 Å². The van der Waals surface area contributed by atoms with Gasteiger partial charge in [-0.3, -0.25) is 9.59 Å². The van der Waals surface area contributed by atoms with E-state index >= 15 is 0 Å². The molecule has 0 bridgehead atoms. The minimum Gasteiger partial charge on any atom is -0.345 e. The zero-order valence-corrected chi connectivity index (χ0v) is 12.7. The van der Waals surface area contributed by atoms with E-state index in [-0.39, 0.29) is 11.7 Å². The van der Waals surface area contributed by atoms with Crippen molar-refractivity contribution in [3.05, 3.63) is 29.8 Å². The van der Waals surface area contributed by atoms with Crippen LogP contribution in [0.15, 0.2) is 24.3 Å². The summed E-state index contributed by atoms with van der Waals surface area (Å²) in [6.45, 7) is 2.14. The SMILES string of the molecule is CC1CCC(NC(=O)C(=O)Nc2cccc(C(F)(F)F)c2)CC1. The summed E-state index contributed by atoms with van der Waals surface area (Å²) in [5.41, 5.74) is -0.936. The fourth-order valence-corrected chi connectivity index (χ4v) is 2.62. The predicted molar refractivity (Wildman–Crippen MR) is 79.6 cm³/mol. The number of halogens is 3. The molecular formula is C16H19F3N2O2. The van der Waals surface area contributed by atoms with Crippen LogP contribution < -0.4 is 10.6 Å². The van der Waals surface area contributed by atoms with E-state index in [2.05, 4.69) is 17.6 Å². The van der Waals surface area contributed by atoms with Crippen LogP contribution in [0.5, 0.6) is 0 Å². The van der Waals surface area contributed by atoms with Gasteiger partial charge in [0.15, 0.2) is 0 Å². The van der Waals surface area contributed by atoms with Crippen LogP contribution in [0.25, 0.3) is 0 Å². The van der Waals surface area contributed by atoms with Crippen LogP contribution in [0.1, 0.15) is 38.2 Å². The molecule has 1 aliphatic carbocycles. The van der Waals surface area contributed by atoms with Gasteiger partial charge >= 0.3 is 18.0 Å². The van der Waals surface area contributed by atoms with Crippen molar-refractivity contribution in [1.82, 2.24) is 5.32 Å². The molecule has 0 aliphatic heterocycles. The Balaban J connectivity index is 1.92. The average molecular weight is 328 g/mol. The second kappa shape index (κ2) is 7.02. The monoisotopic (exact) mass is 328 g/mol. The maximum absolute atomic E-state index is 12.6. The minimum absolute atomic E-state index is 0.0500. The topological polar surface area (TPSA) is 58.2 Å². The molecule has 0 saturated heterocycles. The zero-order valence-electron chi connectivity index (χ0n) is 12.7. The molecule has 0 spiro atoms. The van der Waals surface area contributed by atoms with E-state index < -0.39 is 23.6 Å². The summed E-state index contributed by atoms with van der Waals surface area (Å²) in [6.07, 6.45) is -0.907. The molecule has 1 aromatic rings. The molecule has 0 atom stereocenters. The Labute approximate surface area is 132 Å². The Kier molecular flexibility index (Phi) is 5.28. The molecule has 1 aliphatic rings. The van der Waals surface area contributed by atoms with Crippen molar-refractivity contribution in [2.45, 2.75) is 44.8 Å². The first-order chi connectivity index (χ1) is 10.8. The van der Waals surface area contributed by atoms with Gasteiger partial charge in [0.05, 0.1) is 5.56 Å². The smallest absolute Gasteiger partial charge is 0.345 e. The van der Waals surface area contributed by atoms with Crippen LogP contribution in [0.2, 0.25) is 0 Å². The van der Waals surface area contributed by atoms with Gasteiger partial charge in [0, 0.05) is 11.7 Å². The molecule has 1 fully saturated rings. The normalized spacial score (nSPS) is 21.6. The fourth-order valence-electron chi connectivity index (χ4n) is 2.62. The number of hydrogen-bond acceptors (Lipinski definition) is 2. The second-order valence-corrected chi connectivity index (χ2v) is 5.96. The van der Waals surface area contributed by atoms with Crippen molar-refractivity contribution in [3.8, 4) is 0 Å². The van der Waals surface area contributed by atoms with Crippen LogP contribution in [-0.4, -0.2) is 17.9 Å². The molecule has 2 N–H and O–H groups in total. The Hall–Kier alpha value is -2.05. The molecular weight excluding hydrogens is 309 g/mol. The quantitative estimate of drug-likeness (QED) is 0.818. The third-order valence-electron chi connectivity index (χ3n) is 4.01. The molecule has 0 radical (unpaired) electrons. The summed E-state index contributed by atoms with van der Waals surface area (Å²) in [5.74, 6) is -1.16. The Morgan fingerprint density at radius 2 is 1.74 bits per heavy atom. The third kappa shape index (κ3) is 4.97. The molecule has 0 heterocycles. The van der Waals surface area contributed by atoms with Crippen molar-refractivity contribution < 1.29 is 22.8 Å². The highest BCUT2D eigenvalue weighted by Crippen LogP contribution is 2.30. The van der Waals surface area contributed by atoms with Gasteiger partial charge in [-0.25, -0.2) is 0 Å². The first-order valence-corrected chi connectivity index (χ1v) is 7.55. The number of benzene rings is 1. The largest absolute Gasteiger partial charge is 0.416 e. The highest BCUT2D eigenvalue weighted by molar-refractivity contribution is 6.39. The predicted octanol–water partition coefficient (Wildman–Crippen LogP) is 3.34. The number of carbonyl (C=O) groups excluding carboxylic acids is 2. The lowest BCUT2D eigenvalue weighted by molar-refractivity contribution is -0.137. The van der Waals surface area contributed by atoms with E-state index in [0.717, 1.165) is 37.8 Å². The maximum Gasteiger partial charge on any atom is 0.416 e. The second-order valence-electron chi connectivity index (χ2n) is 5.96. The van der Waals surface area contributed by atoms with E-state index in [0.29, 0.717) is 5.92 Å². The highest BCUT2D eigenvalue weighted by Gasteiger charge is 2.30. The molecule has 23 heavy (non-hydrogen) atoms. The molecule has 126 valence electrons. The molecule has 1 saturated carbocycles. The third-order valence-corrected chi connectivity index (χ3v) is 4.01. The van der Waals surface area contributed by atoms with Crippen molar-refractivity contribution in [3.63, 3.8) is 0 Å². The van der Waals surface area contributed by atoms with Crippen molar-refractivity contribution in [1.29, 1.82) is 0 Å². The average Bonchev–Trinajstić information content (AvgIpc) is 2.49. The lowest BCUT2D eigenvalue weighted by Crippen LogP contribution is -2.43. The molecule has 4 nitrogen and oxygen atoms in total. The van der Waals surface area contributed by atoms with Gasteiger partial charge in [-0.2, -0.15) is 13.2 Å². The number of amides is 2. The molecule has 1 aromatic carbocycles. The Morgan fingerprint density at radius 1 is 1.09 bits per heavy atom. The van der Waals surface area contributed by atoms with E-state index in [1.54, 1.807) is 0 Å². The number of alkyl halides is 3. The minimum atomic E-state index is -4.50. The van der Waals surface area contributed by atoms with Crippen LogP contribution in [0.4, 0.5) is 18.9 Å². The number of anilines is 1. The Bertz CT molecular complexity index is 579. The number of carbonyl (C=O) groups is 2. The van der Waals surface area contributed by atoms with Gasteiger partial charge in [0.1, 0.15) is 0 Å². The lowest BCUT2D eigenvalue weighted by atomic mass is 9.87. The number of rotatable bonds is 2. The summed E-state index contributed by atoms with van der Waals surface area (Å²) in [5, 5.41) is 4.83. The van der Waals surface area contributed by atoms with E-state index in [1.807, 2.05) is 0 Å². The lowest BCUT2D eigenvalue weighted by Gasteiger charge is -2.26. The highest BCUT2D eigenvalue weighted by atomic mass is 19.4. The number of nitrogens with one attached hydrogen (secondary N) is 2. The van der Waals surface area contributed by atoms with Crippen LogP contribution in [0.3, 0.4) is 0 Å². The van der Waals surface area contributed by atoms with E-state index in [1.165, 1.54) is 12.1 Å². The zero-order chi connectivity index (χ0) is 17.0. The molecule has 7 heteroatoms. The first-order valence-electron chi connectivity index (χ1n) is 7.55. The summed E-state index contributed by atoms with van der Waals surface area (Å²) < 4.78 is 37.8. The van der Waals surface area contributed by atoms with Crippen molar-refractivity contribution >= 4 is 17.5 Å². The summed E-state index contributed by atoms with van der Waals surface area (Å²) in [7, 11) is 0. The molecule has 0 aromatic heterocycles. The van der Waals surface area contributed by atoms with Gasteiger partial charge in [0.25, 0.3) is 0 Å². The molecule has 2 amide bonds. The van der Waals surface area contributed by atoms with Crippen molar-refractivity contribution in [2.75, 3.05) is 5.32 Å². The Morgan fingerprint density at radius 3 is 2.35 bits per heavy atom. The molecule has 0 unspecified atom stereocenters. The number of hydrogen-bond donors (Lipinski definition) is 2. The summed E-state index contributed by atoms with van der Waals surface area (Å²) >= 11 is 0. The molecule has 2 rings (SSSR count). The van der Waals surface area contributed by atoms with Gasteiger partial charge < -0.3 is 10.6 Å². The first kappa shape index (κ1) is 17.3. The van der Waals surface area contributed by atoms with Crippen molar-refractivity contribution in [2.24, 2.45) is 5.92 Å². The summed E-state index contributed by atoms with van der Waals surface area (Å²) in [6, 6.07) is 4.14. The van der Waals surface area contributed by atoms with Crippen LogP contribution in [-0.2, 0) is 15.8 Å². The van der Waals surface area contributed by atoms with E-state index in [9.17, 15) is 22.8 Å². The van der Waals surface area contributed by atoms with Gasteiger partial charge in [-0.15, -0.1) is 0 Å². The summed E-state index contributed by atoms with van der Waals surface area (Å²) in [4.78, 5) is 23.6. The van der Waals surface area contributed by atoms with Gasteiger partial charge in [0.2, 0.25) is 0 Å². The standard InChI is InChI=1S/C16H19F3N2O2/c1-10-5-7-12(8-6-10)20-14(22)15(23)21-13-4-2-3-11(9-13)16(17,18)19/h2-4,9-10,12H,5-8H2,1H3,(H,20,22)(H,21,23). The van der Waals surface area contributed by atoms with Gasteiger partial charge in [-0.05, 0) is 49.8 Å².